The Morgan fingerprint density at radius 2 is 2.43 bits per heavy atom. The molecule has 1 aromatic rings. The SMILES string of the molecule is NC(=O)c1cn([C@@H]2COC[C@@H]2N)nn1. The lowest BCUT2D eigenvalue weighted by Gasteiger charge is -2.11. The van der Waals surface area contributed by atoms with Gasteiger partial charge in [0.1, 0.15) is 0 Å². The summed E-state index contributed by atoms with van der Waals surface area (Å²) < 4.78 is 6.69. The summed E-state index contributed by atoms with van der Waals surface area (Å²) >= 11 is 0. The second kappa shape index (κ2) is 3.35. The van der Waals surface area contributed by atoms with Gasteiger partial charge < -0.3 is 16.2 Å². The highest BCUT2D eigenvalue weighted by molar-refractivity contribution is 5.90. The van der Waals surface area contributed by atoms with Gasteiger partial charge in [-0.15, -0.1) is 5.10 Å². The first-order valence-electron chi connectivity index (χ1n) is 4.23. The molecule has 4 N–H and O–H groups in total. The minimum Gasteiger partial charge on any atom is -0.377 e. The van der Waals surface area contributed by atoms with Crippen LogP contribution < -0.4 is 11.5 Å². The molecule has 1 aliphatic heterocycles. The summed E-state index contributed by atoms with van der Waals surface area (Å²) in [5, 5.41) is 7.40. The molecule has 7 heteroatoms. The molecule has 1 aliphatic rings. The molecule has 0 bridgehead atoms. The minimum absolute atomic E-state index is 0.0596. The summed E-state index contributed by atoms with van der Waals surface area (Å²) in [6, 6.07) is -0.173. The molecule has 1 fully saturated rings. The number of carbonyl (C=O) groups is 1. The highest BCUT2D eigenvalue weighted by Gasteiger charge is 2.27. The van der Waals surface area contributed by atoms with Crippen molar-refractivity contribution in [1.82, 2.24) is 15.0 Å². The Labute approximate surface area is 80.0 Å². The van der Waals surface area contributed by atoms with E-state index < -0.39 is 5.91 Å². The highest BCUT2D eigenvalue weighted by Crippen LogP contribution is 2.16. The molecule has 1 aromatic heterocycles. The molecule has 1 saturated heterocycles. The zero-order valence-corrected chi connectivity index (χ0v) is 7.46. The van der Waals surface area contributed by atoms with Crippen molar-refractivity contribution < 1.29 is 9.53 Å². The van der Waals surface area contributed by atoms with E-state index in [1.165, 1.54) is 10.9 Å². The molecule has 1 amide bonds. The fraction of sp³-hybridized carbons (Fsp3) is 0.571. The molecule has 0 aliphatic carbocycles. The Hall–Kier alpha value is -1.47. The van der Waals surface area contributed by atoms with Crippen molar-refractivity contribution in [3.63, 3.8) is 0 Å². The number of hydrogen-bond acceptors (Lipinski definition) is 5. The molecular weight excluding hydrogens is 186 g/mol. The predicted molar refractivity (Wildman–Crippen MR) is 46.4 cm³/mol. The Bertz CT molecular complexity index is 350. The second-order valence-corrected chi connectivity index (χ2v) is 3.22. The fourth-order valence-electron chi connectivity index (χ4n) is 1.38. The van der Waals surface area contributed by atoms with E-state index in [-0.39, 0.29) is 17.8 Å². The number of ether oxygens (including phenoxy) is 1. The summed E-state index contributed by atoms with van der Waals surface area (Å²) in [5.74, 6) is -0.594. The zero-order chi connectivity index (χ0) is 10.1. The van der Waals surface area contributed by atoms with Crippen molar-refractivity contribution in [2.75, 3.05) is 13.2 Å². The van der Waals surface area contributed by atoms with Gasteiger partial charge in [0, 0.05) is 0 Å². The van der Waals surface area contributed by atoms with Gasteiger partial charge in [0.15, 0.2) is 5.69 Å². The van der Waals surface area contributed by atoms with Crippen molar-refractivity contribution in [3.05, 3.63) is 11.9 Å². The van der Waals surface area contributed by atoms with E-state index >= 15 is 0 Å². The number of primary amides is 1. The third-order valence-electron chi connectivity index (χ3n) is 2.20. The maximum Gasteiger partial charge on any atom is 0.270 e. The van der Waals surface area contributed by atoms with E-state index in [0.29, 0.717) is 13.2 Å². The maximum absolute atomic E-state index is 10.8. The lowest BCUT2D eigenvalue weighted by molar-refractivity contribution is 0.0995. The van der Waals surface area contributed by atoms with Crippen molar-refractivity contribution in [3.8, 4) is 0 Å². The van der Waals surface area contributed by atoms with E-state index in [0.717, 1.165) is 0 Å². The van der Waals surface area contributed by atoms with Crippen LogP contribution in [0.25, 0.3) is 0 Å². The van der Waals surface area contributed by atoms with Gasteiger partial charge in [-0.3, -0.25) is 4.79 Å². The molecule has 0 saturated carbocycles. The summed E-state index contributed by atoms with van der Waals surface area (Å²) in [6.45, 7) is 0.985. The van der Waals surface area contributed by atoms with Gasteiger partial charge >= 0.3 is 0 Å². The zero-order valence-electron chi connectivity index (χ0n) is 7.46. The number of hydrogen-bond donors (Lipinski definition) is 2. The lowest BCUT2D eigenvalue weighted by Crippen LogP contribution is -2.31. The number of carbonyl (C=O) groups excluding carboxylic acids is 1. The number of rotatable bonds is 2. The molecule has 0 aromatic carbocycles. The number of nitrogens with zero attached hydrogens (tertiary/aromatic N) is 3. The molecule has 2 atom stereocenters. The Kier molecular flexibility index (Phi) is 2.18. The van der Waals surface area contributed by atoms with Crippen LogP contribution in [0.4, 0.5) is 0 Å². The Balaban J connectivity index is 2.20. The van der Waals surface area contributed by atoms with Crippen LogP contribution in [0.3, 0.4) is 0 Å². The summed E-state index contributed by atoms with van der Waals surface area (Å²) in [6.07, 6.45) is 1.49. The van der Waals surface area contributed by atoms with Gasteiger partial charge in [0.05, 0.1) is 31.5 Å². The highest BCUT2D eigenvalue weighted by atomic mass is 16.5. The Morgan fingerprint density at radius 1 is 1.64 bits per heavy atom. The third kappa shape index (κ3) is 1.47. The van der Waals surface area contributed by atoms with Crippen molar-refractivity contribution in [2.45, 2.75) is 12.1 Å². The second-order valence-electron chi connectivity index (χ2n) is 3.22. The Morgan fingerprint density at radius 3 is 2.93 bits per heavy atom. The standard InChI is InChI=1S/C7H11N5O2/c8-4-2-14-3-6(4)12-1-5(7(9)13)10-11-12/h1,4,6H,2-3,8H2,(H2,9,13)/t4-,6+/m0/s1. The minimum atomic E-state index is -0.594. The number of nitrogens with two attached hydrogens (primary N) is 2. The van der Waals surface area contributed by atoms with Crippen molar-refractivity contribution in [1.29, 1.82) is 0 Å². The molecule has 14 heavy (non-hydrogen) atoms. The van der Waals surface area contributed by atoms with Crippen LogP contribution in [-0.2, 0) is 4.74 Å². The quantitative estimate of drug-likeness (QED) is 0.585. The van der Waals surface area contributed by atoms with Crippen LogP contribution in [0.5, 0.6) is 0 Å². The summed E-state index contributed by atoms with van der Waals surface area (Å²) in [4.78, 5) is 10.8. The largest absolute Gasteiger partial charge is 0.377 e. The lowest BCUT2D eigenvalue weighted by atomic mass is 10.2. The third-order valence-corrected chi connectivity index (χ3v) is 2.20. The predicted octanol–water partition coefficient (Wildman–Crippen LogP) is -1.72. The molecule has 2 rings (SSSR count). The van der Waals surface area contributed by atoms with Crippen LogP contribution in [0.15, 0.2) is 6.20 Å². The van der Waals surface area contributed by atoms with Crippen LogP contribution in [0.1, 0.15) is 16.5 Å². The van der Waals surface area contributed by atoms with Crippen LogP contribution in [0, 0.1) is 0 Å². The molecule has 0 spiro atoms. The first kappa shape index (κ1) is 9.10. The first-order valence-corrected chi connectivity index (χ1v) is 4.23. The molecule has 2 heterocycles. The molecular formula is C7H11N5O2. The molecule has 76 valence electrons. The fourth-order valence-corrected chi connectivity index (χ4v) is 1.38. The topological polar surface area (TPSA) is 109 Å². The van der Waals surface area contributed by atoms with Gasteiger partial charge in [-0.1, -0.05) is 5.21 Å². The van der Waals surface area contributed by atoms with E-state index in [1.807, 2.05) is 0 Å². The van der Waals surface area contributed by atoms with Crippen molar-refractivity contribution >= 4 is 5.91 Å². The van der Waals surface area contributed by atoms with Crippen LogP contribution in [0.2, 0.25) is 0 Å². The summed E-state index contributed by atoms with van der Waals surface area (Å²) in [7, 11) is 0. The van der Waals surface area contributed by atoms with Gasteiger partial charge in [-0.2, -0.15) is 0 Å². The van der Waals surface area contributed by atoms with E-state index in [2.05, 4.69) is 10.3 Å². The first-order chi connectivity index (χ1) is 6.68. The van der Waals surface area contributed by atoms with Crippen molar-refractivity contribution in [2.24, 2.45) is 11.5 Å². The van der Waals surface area contributed by atoms with Gasteiger partial charge in [0.2, 0.25) is 0 Å². The average molecular weight is 197 g/mol. The van der Waals surface area contributed by atoms with Gasteiger partial charge in [-0.25, -0.2) is 4.68 Å². The summed E-state index contributed by atoms with van der Waals surface area (Å²) in [5.41, 5.74) is 11.0. The van der Waals surface area contributed by atoms with E-state index in [1.54, 1.807) is 0 Å². The van der Waals surface area contributed by atoms with Crippen LogP contribution >= 0.6 is 0 Å². The van der Waals surface area contributed by atoms with Crippen LogP contribution in [-0.4, -0.2) is 40.2 Å². The van der Waals surface area contributed by atoms with Gasteiger partial charge in [-0.05, 0) is 0 Å². The average Bonchev–Trinajstić information content (AvgIpc) is 2.71. The van der Waals surface area contributed by atoms with E-state index in [9.17, 15) is 4.79 Å². The monoisotopic (exact) mass is 197 g/mol. The molecule has 0 unspecified atom stereocenters. The van der Waals surface area contributed by atoms with Gasteiger partial charge in [0.25, 0.3) is 5.91 Å². The normalized spacial score (nSPS) is 26.6. The smallest absolute Gasteiger partial charge is 0.270 e. The molecule has 7 nitrogen and oxygen atoms in total. The number of amides is 1. The maximum atomic E-state index is 10.8. The number of aromatic nitrogens is 3. The molecule has 0 radical (unpaired) electrons. The van der Waals surface area contributed by atoms with E-state index in [4.69, 9.17) is 16.2 Å².